The van der Waals surface area contributed by atoms with E-state index in [1.165, 1.54) is 24.4 Å². The normalized spacial score (nSPS) is 15.1. The second-order valence-corrected chi connectivity index (χ2v) is 8.47. The lowest BCUT2D eigenvalue weighted by molar-refractivity contribution is 0.0908. The summed E-state index contributed by atoms with van der Waals surface area (Å²) in [6.07, 6.45) is 5.16. The highest BCUT2D eigenvalue weighted by Crippen LogP contribution is 2.23. The third-order valence-electron chi connectivity index (χ3n) is 6.19. The Hall–Kier alpha value is -3.58. The van der Waals surface area contributed by atoms with E-state index in [0.29, 0.717) is 16.8 Å². The van der Waals surface area contributed by atoms with Crippen LogP contribution < -0.4 is 5.32 Å². The number of carbonyl (C=O) groups excluding carboxylic acids is 1. The van der Waals surface area contributed by atoms with E-state index < -0.39 is 0 Å². The molecule has 0 saturated carbocycles. The van der Waals surface area contributed by atoms with Gasteiger partial charge >= 0.3 is 0 Å². The van der Waals surface area contributed by atoms with Crippen LogP contribution in [0.15, 0.2) is 67.0 Å². The van der Waals surface area contributed by atoms with Crippen molar-refractivity contribution in [3.63, 3.8) is 0 Å². The molecule has 2 N–H and O–H groups in total. The van der Waals surface area contributed by atoms with E-state index >= 15 is 0 Å². The van der Waals surface area contributed by atoms with E-state index in [2.05, 4.69) is 20.2 Å². The summed E-state index contributed by atoms with van der Waals surface area (Å²) >= 11 is 0. The topological polar surface area (TPSA) is 61.0 Å². The highest BCUT2D eigenvalue weighted by molar-refractivity contribution is 5.94. The van der Waals surface area contributed by atoms with Gasteiger partial charge in [0.05, 0.1) is 11.3 Å². The van der Waals surface area contributed by atoms with Gasteiger partial charge in [-0.2, -0.15) is 0 Å². The van der Waals surface area contributed by atoms with Crippen molar-refractivity contribution < 1.29 is 13.6 Å². The minimum absolute atomic E-state index is 0.0945. The number of likely N-dealkylation sites (tertiary alicyclic amines) is 1. The maximum atomic E-state index is 13.6. The molecule has 2 aromatic heterocycles. The number of rotatable bonds is 5. The van der Waals surface area contributed by atoms with Crippen molar-refractivity contribution in [1.82, 2.24) is 20.2 Å². The van der Waals surface area contributed by atoms with Gasteiger partial charge in [-0.1, -0.05) is 12.1 Å². The zero-order valence-corrected chi connectivity index (χ0v) is 18.0. The van der Waals surface area contributed by atoms with Gasteiger partial charge in [-0.25, -0.2) is 8.78 Å². The van der Waals surface area contributed by atoms with Crippen molar-refractivity contribution in [3.8, 4) is 11.3 Å². The summed E-state index contributed by atoms with van der Waals surface area (Å²) in [7, 11) is 0. The summed E-state index contributed by atoms with van der Waals surface area (Å²) in [4.78, 5) is 22.5. The molecule has 5 nitrogen and oxygen atoms in total. The Morgan fingerprint density at radius 1 is 1.06 bits per heavy atom. The van der Waals surface area contributed by atoms with Gasteiger partial charge in [0.15, 0.2) is 0 Å². The molecule has 0 aliphatic carbocycles. The molecule has 1 fully saturated rings. The monoisotopic (exact) mass is 446 g/mol. The largest absolute Gasteiger partial charge is 0.361 e. The number of fused-ring (bicyclic) bond motifs is 1. The number of hydrogen-bond donors (Lipinski definition) is 2. The zero-order valence-electron chi connectivity index (χ0n) is 18.0. The second-order valence-electron chi connectivity index (χ2n) is 8.47. The molecule has 4 aromatic rings. The van der Waals surface area contributed by atoms with Crippen molar-refractivity contribution in [1.29, 1.82) is 0 Å². The number of pyridine rings is 1. The van der Waals surface area contributed by atoms with Gasteiger partial charge in [-0.05, 0) is 60.9 Å². The Morgan fingerprint density at radius 3 is 2.64 bits per heavy atom. The number of carbonyl (C=O) groups is 1. The molecule has 33 heavy (non-hydrogen) atoms. The molecule has 1 saturated heterocycles. The highest BCUT2D eigenvalue weighted by atomic mass is 19.1. The lowest BCUT2D eigenvalue weighted by Gasteiger charge is -2.32. The summed E-state index contributed by atoms with van der Waals surface area (Å²) < 4.78 is 27.0. The minimum Gasteiger partial charge on any atom is -0.361 e. The fourth-order valence-electron chi connectivity index (χ4n) is 4.37. The molecule has 168 valence electrons. The van der Waals surface area contributed by atoms with E-state index in [9.17, 15) is 13.6 Å². The first-order chi connectivity index (χ1) is 16.0. The van der Waals surface area contributed by atoms with Gasteiger partial charge in [0.1, 0.15) is 11.6 Å². The molecule has 0 atom stereocenters. The number of aromatic amines is 1. The molecule has 5 rings (SSSR count). The fraction of sp³-hybridized carbons (Fsp3) is 0.231. The maximum absolute atomic E-state index is 13.6. The third-order valence-corrected chi connectivity index (χ3v) is 6.19. The van der Waals surface area contributed by atoms with Crippen LogP contribution in [0, 0.1) is 11.6 Å². The van der Waals surface area contributed by atoms with E-state index in [-0.39, 0.29) is 23.6 Å². The number of amides is 1. The fourth-order valence-corrected chi connectivity index (χ4v) is 4.37. The van der Waals surface area contributed by atoms with E-state index in [4.69, 9.17) is 0 Å². The van der Waals surface area contributed by atoms with Crippen molar-refractivity contribution in [2.45, 2.75) is 25.4 Å². The molecule has 1 amide bonds. The minimum atomic E-state index is -0.320. The zero-order chi connectivity index (χ0) is 22.8. The maximum Gasteiger partial charge on any atom is 0.253 e. The Balaban J connectivity index is 1.15. The molecule has 2 aromatic carbocycles. The average molecular weight is 447 g/mol. The van der Waals surface area contributed by atoms with Crippen LogP contribution in [-0.4, -0.2) is 39.9 Å². The Morgan fingerprint density at radius 2 is 1.88 bits per heavy atom. The van der Waals surface area contributed by atoms with Crippen LogP contribution in [0.3, 0.4) is 0 Å². The van der Waals surface area contributed by atoms with Crippen molar-refractivity contribution in [3.05, 3.63) is 89.8 Å². The van der Waals surface area contributed by atoms with Gasteiger partial charge in [-0.3, -0.25) is 14.7 Å². The van der Waals surface area contributed by atoms with Crippen molar-refractivity contribution in [2.75, 3.05) is 13.1 Å². The molecule has 0 bridgehead atoms. The van der Waals surface area contributed by atoms with E-state index in [1.54, 1.807) is 36.4 Å². The van der Waals surface area contributed by atoms with E-state index in [1.807, 2.05) is 6.20 Å². The molecule has 1 aliphatic heterocycles. The van der Waals surface area contributed by atoms with Crippen molar-refractivity contribution >= 4 is 16.8 Å². The molecular formula is C26H24F2N4O. The lowest BCUT2D eigenvalue weighted by atomic mass is 10.0. The van der Waals surface area contributed by atoms with Crippen molar-refractivity contribution in [2.24, 2.45) is 0 Å². The number of aromatic nitrogens is 2. The summed E-state index contributed by atoms with van der Waals surface area (Å²) in [6, 6.07) is 14.6. The molecule has 3 heterocycles. The number of benzene rings is 2. The molecule has 7 heteroatoms. The SMILES string of the molecule is O=C(NC1CCN(Cc2c[nH]c3ccc(F)cc23)CC1)c1ccc(-c2cccc(F)c2)nc1. The number of halogens is 2. The number of H-pyrrole nitrogens is 1. The summed E-state index contributed by atoms with van der Waals surface area (Å²) in [5.41, 5.74) is 3.80. The average Bonchev–Trinajstić information content (AvgIpc) is 3.22. The second kappa shape index (κ2) is 9.11. The number of hydrogen-bond acceptors (Lipinski definition) is 3. The number of nitrogens with zero attached hydrogens (tertiary/aromatic N) is 2. The van der Waals surface area contributed by atoms with Crippen LogP contribution in [0.5, 0.6) is 0 Å². The van der Waals surface area contributed by atoms with Crippen LogP contribution in [0.1, 0.15) is 28.8 Å². The van der Waals surface area contributed by atoms with Crippen LogP contribution in [-0.2, 0) is 6.54 Å². The predicted octanol–water partition coefficient (Wildman–Crippen LogP) is 4.90. The van der Waals surface area contributed by atoms with E-state index in [0.717, 1.165) is 48.9 Å². The standard InChI is InChI=1S/C26H24F2N4O/c27-20-3-1-2-17(12-20)24-6-4-18(14-29-24)26(33)31-22-8-10-32(11-9-22)16-19-15-30-25-7-5-21(28)13-23(19)25/h1-7,12-15,22,30H,8-11,16H2,(H,31,33). The Kier molecular flexibility index (Phi) is 5.88. The van der Waals surface area contributed by atoms with Crippen LogP contribution in [0.4, 0.5) is 8.78 Å². The van der Waals surface area contributed by atoms with Crippen LogP contribution >= 0.6 is 0 Å². The van der Waals surface area contributed by atoms with Crippen LogP contribution in [0.2, 0.25) is 0 Å². The number of nitrogens with one attached hydrogen (secondary N) is 2. The Bertz CT molecular complexity index is 1280. The first-order valence-electron chi connectivity index (χ1n) is 11.1. The first-order valence-corrected chi connectivity index (χ1v) is 11.1. The number of piperidine rings is 1. The van der Waals surface area contributed by atoms with Gasteiger partial charge in [0.25, 0.3) is 5.91 Å². The lowest BCUT2D eigenvalue weighted by Crippen LogP contribution is -2.44. The predicted molar refractivity (Wildman–Crippen MR) is 124 cm³/mol. The molecule has 0 unspecified atom stereocenters. The third kappa shape index (κ3) is 4.78. The van der Waals surface area contributed by atoms with Crippen LogP contribution in [0.25, 0.3) is 22.2 Å². The molecule has 0 radical (unpaired) electrons. The quantitative estimate of drug-likeness (QED) is 0.458. The summed E-state index contributed by atoms with van der Waals surface area (Å²) in [5, 5.41) is 4.01. The Labute approximate surface area is 190 Å². The van der Waals surface area contributed by atoms with Gasteiger partial charge < -0.3 is 10.3 Å². The highest BCUT2D eigenvalue weighted by Gasteiger charge is 2.22. The molecular weight excluding hydrogens is 422 g/mol. The van der Waals surface area contributed by atoms with Gasteiger partial charge in [0.2, 0.25) is 0 Å². The summed E-state index contributed by atoms with van der Waals surface area (Å²) in [6.45, 7) is 2.45. The molecule has 0 spiro atoms. The van der Waals surface area contributed by atoms with Gasteiger partial charge in [-0.15, -0.1) is 0 Å². The summed E-state index contributed by atoms with van der Waals surface area (Å²) in [5.74, 6) is -0.707. The van der Waals surface area contributed by atoms with Gasteiger partial charge in [0, 0.05) is 54.5 Å². The first kappa shape index (κ1) is 21.3. The molecule has 1 aliphatic rings. The smallest absolute Gasteiger partial charge is 0.253 e.